The molecule has 2 amide bonds. The number of hydrogen-bond acceptors (Lipinski definition) is 3. The molecule has 6 nitrogen and oxygen atoms in total. The molecule has 0 unspecified atom stereocenters. The molecule has 0 radical (unpaired) electrons. The molecular formula is C29H26F7N3O3. The van der Waals surface area contributed by atoms with Crippen LogP contribution in [-0.4, -0.2) is 46.7 Å². The topological polar surface area (TPSA) is 73.5 Å². The molecule has 2 aromatic carbocycles. The number of rotatable bonds is 5. The van der Waals surface area contributed by atoms with Crippen molar-refractivity contribution in [3.63, 3.8) is 0 Å². The van der Waals surface area contributed by atoms with Gasteiger partial charge in [-0.25, -0.2) is 4.39 Å². The van der Waals surface area contributed by atoms with Gasteiger partial charge in [0.05, 0.1) is 11.1 Å². The van der Waals surface area contributed by atoms with E-state index in [2.05, 4.69) is 4.98 Å². The number of alkyl halides is 6. The van der Waals surface area contributed by atoms with E-state index in [0.29, 0.717) is 23.3 Å². The highest BCUT2D eigenvalue weighted by Gasteiger charge is 2.40. The first-order valence-electron chi connectivity index (χ1n) is 12.8. The number of benzene rings is 2. The van der Waals surface area contributed by atoms with Crippen LogP contribution in [0.5, 0.6) is 0 Å². The van der Waals surface area contributed by atoms with Crippen molar-refractivity contribution in [2.45, 2.75) is 38.2 Å². The number of pyridine rings is 1. The van der Waals surface area contributed by atoms with Gasteiger partial charge in [-0.2, -0.15) is 26.3 Å². The van der Waals surface area contributed by atoms with Crippen LogP contribution in [0.3, 0.4) is 0 Å². The Morgan fingerprint density at radius 1 is 0.976 bits per heavy atom. The van der Waals surface area contributed by atoms with Gasteiger partial charge in [0.25, 0.3) is 5.91 Å². The fourth-order valence-electron chi connectivity index (χ4n) is 5.29. The molecule has 0 saturated carbocycles. The Morgan fingerprint density at radius 3 is 2.19 bits per heavy atom. The molecule has 1 aromatic heterocycles. The number of nitrogens with zero attached hydrogens (tertiary/aromatic N) is 2. The van der Waals surface area contributed by atoms with Crippen molar-refractivity contribution in [1.29, 1.82) is 0 Å². The molecule has 1 aliphatic rings. The van der Waals surface area contributed by atoms with Crippen molar-refractivity contribution in [3.05, 3.63) is 104 Å². The minimum absolute atomic E-state index is 0.00570. The lowest BCUT2D eigenvalue weighted by Gasteiger charge is -2.40. The molecule has 2 heterocycles. The molecule has 2 atom stereocenters. The minimum Gasteiger partial charge on any atom is -0.341 e. The molecule has 0 aliphatic carbocycles. The van der Waals surface area contributed by atoms with E-state index in [0.717, 1.165) is 4.90 Å². The van der Waals surface area contributed by atoms with Gasteiger partial charge in [-0.1, -0.05) is 12.1 Å². The van der Waals surface area contributed by atoms with Gasteiger partial charge >= 0.3 is 12.4 Å². The Bertz CT molecular complexity index is 1520. The number of aryl methyl sites for hydroxylation is 1. The lowest BCUT2D eigenvalue weighted by atomic mass is 9.78. The van der Waals surface area contributed by atoms with Crippen LogP contribution in [0.1, 0.15) is 50.6 Å². The van der Waals surface area contributed by atoms with Crippen LogP contribution in [-0.2, 0) is 23.7 Å². The summed E-state index contributed by atoms with van der Waals surface area (Å²) in [4.78, 5) is 43.5. The van der Waals surface area contributed by atoms with Crippen molar-refractivity contribution in [2.24, 2.45) is 5.92 Å². The highest BCUT2D eigenvalue weighted by atomic mass is 19.4. The quantitative estimate of drug-likeness (QED) is 0.380. The summed E-state index contributed by atoms with van der Waals surface area (Å²) in [5.74, 6) is -3.09. The van der Waals surface area contributed by atoms with Crippen LogP contribution in [0.2, 0.25) is 0 Å². The number of H-pyrrole nitrogens is 1. The third kappa shape index (κ3) is 6.82. The number of hydrogen-bond donors (Lipinski definition) is 1. The summed E-state index contributed by atoms with van der Waals surface area (Å²) in [6.45, 7) is 1.17. The molecule has 0 bridgehead atoms. The number of likely N-dealkylation sites (tertiary alicyclic amines) is 1. The normalized spacial score (nSPS) is 17.7. The molecule has 1 fully saturated rings. The zero-order valence-corrected chi connectivity index (χ0v) is 22.4. The first-order valence-corrected chi connectivity index (χ1v) is 12.8. The molecule has 0 spiro atoms. The van der Waals surface area contributed by atoms with Crippen LogP contribution < -0.4 is 5.56 Å². The number of carbonyl (C=O) groups excluding carboxylic acids is 2. The Kier molecular flexibility index (Phi) is 8.51. The Hall–Kier alpha value is -4.16. The van der Waals surface area contributed by atoms with Gasteiger partial charge in [-0.15, -0.1) is 0 Å². The number of aromatic nitrogens is 1. The van der Waals surface area contributed by atoms with E-state index in [1.54, 1.807) is 6.92 Å². The number of aromatic amines is 1. The fraction of sp³-hybridized carbons (Fsp3) is 0.345. The number of halogens is 7. The number of carbonyl (C=O) groups is 2. The van der Waals surface area contributed by atoms with Crippen molar-refractivity contribution in [2.75, 3.05) is 20.1 Å². The summed E-state index contributed by atoms with van der Waals surface area (Å²) < 4.78 is 94.0. The van der Waals surface area contributed by atoms with Crippen molar-refractivity contribution in [3.8, 4) is 0 Å². The maximum atomic E-state index is 13.9. The van der Waals surface area contributed by atoms with Crippen molar-refractivity contribution in [1.82, 2.24) is 14.8 Å². The third-order valence-electron chi connectivity index (χ3n) is 7.29. The van der Waals surface area contributed by atoms with Crippen molar-refractivity contribution >= 4 is 11.8 Å². The summed E-state index contributed by atoms with van der Waals surface area (Å²) in [6.07, 6.45) is -9.97. The molecule has 4 rings (SSSR count). The summed E-state index contributed by atoms with van der Waals surface area (Å²) in [6, 6.07) is 9.19. The number of nitrogens with one attached hydrogen (secondary N) is 1. The molecule has 1 aliphatic heterocycles. The summed E-state index contributed by atoms with van der Waals surface area (Å²) >= 11 is 0. The van der Waals surface area contributed by atoms with E-state index >= 15 is 0 Å². The standard InChI is InChI=1S/C29H26F7N3O3/c1-16-10-20(30)6-7-21(16)23-15-39(27(42)24-4-3-5-25(40)37-24)9-8-22(23)26(41)38(2)14-17-11-18(28(31,32)33)13-19(12-17)29(34,35)36/h3-7,10-13,22-23H,8-9,14-15H2,1-2H3,(H,37,40)/t22-,23+/m1/s1. The van der Waals surface area contributed by atoms with E-state index in [4.69, 9.17) is 0 Å². The van der Waals surface area contributed by atoms with Crippen LogP contribution in [0.15, 0.2) is 59.4 Å². The van der Waals surface area contributed by atoms with Crippen molar-refractivity contribution < 1.29 is 40.3 Å². The highest BCUT2D eigenvalue weighted by Crippen LogP contribution is 2.38. The molecule has 1 N–H and O–H groups in total. The van der Waals surface area contributed by atoms with E-state index < -0.39 is 65.1 Å². The average molecular weight is 598 g/mol. The predicted molar refractivity (Wildman–Crippen MR) is 138 cm³/mol. The first kappa shape index (κ1) is 30.8. The molecule has 13 heteroatoms. The summed E-state index contributed by atoms with van der Waals surface area (Å²) in [7, 11) is 1.27. The molecule has 42 heavy (non-hydrogen) atoms. The maximum absolute atomic E-state index is 13.9. The Morgan fingerprint density at radius 2 is 1.62 bits per heavy atom. The van der Waals surface area contributed by atoms with Crippen LogP contribution in [0.4, 0.5) is 30.7 Å². The van der Waals surface area contributed by atoms with Gasteiger partial charge in [-0.3, -0.25) is 14.4 Å². The lowest BCUT2D eigenvalue weighted by Crippen LogP contribution is -2.48. The van der Waals surface area contributed by atoms with Gasteiger partial charge in [0.2, 0.25) is 11.5 Å². The lowest BCUT2D eigenvalue weighted by molar-refractivity contribution is -0.143. The SMILES string of the molecule is Cc1cc(F)ccc1[C@@H]1CN(C(=O)c2cccc(=O)[nH]2)CC[C@H]1C(=O)N(C)Cc1cc(C(F)(F)F)cc(C(F)(F)F)c1. The number of piperidine rings is 1. The van der Waals surface area contributed by atoms with E-state index in [-0.39, 0.29) is 36.8 Å². The Balaban J connectivity index is 1.64. The van der Waals surface area contributed by atoms with E-state index in [9.17, 15) is 45.1 Å². The summed E-state index contributed by atoms with van der Waals surface area (Å²) in [5.41, 5.74) is -2.73. The smallest absolute Gasteiger partial charge is 0.341 e. The van der Waals surface area contributed by atoms with Gasteiger partial charge in [0, 0.05) is 44.6 Å². The first-order chi connectivity index (χ1) is 19.5. The molecule has 1 saturated heterocycles. The van der Waals surface area contributed by atoms with E-state index in [1.165, 1.54) is 48.3 Å². The minimum atomic E-state index is -5.04. The largest absolute Gasteiger partial charge is 0.416 e. The average Bonchev–Trinajstić information content (AvgIpc) is 2.91. The van der Waals surface area contributed by atoms with Crippen LogP contribution in [0.25, 0.3) is 0 Å². The second kappa shape index (κ2) is 11.6. The van der Waals surface area contributed by atoms with Crippen LogP contribution >= 0.6 is 0 Å². The van der Waals surface area contributed by atoms with Gasteiger partial charge < -0.3 is 14.8 Å². The Labute approximate surface area is 235 Å². The van der Waals surface area contributed by atoms with Gasteiger partial charge in [0.15, 0.2) is 0 Å². The summed E-state index contributed by atoms with van der Waals surface area (Å²) in [5, 5.41) is 0. The van der Waals surface area contributed by atoms with Gasteiger partial charge in [0.1, 0.15) is 11.5 Å². The third-order valence-corrected chi connectivity index (χ3v) is 7.29. The van der Waals surface area contributed by atoms with Gasteiger partial charge in [-0.05, 0) is 66.4 Å². The maximum Gasteiger partial charge on any atom is 0.416 e. The second-order valence-corrected chi connectivity index (χ2v) is 10.3. The monoisotopic (exact) mass is 597 g/mol. The van der Waals surface area contributed by atoms with Crippen LogP contribution in [0, 0.1) is 18.7 Å². The zero-order valence-electron chi connectivity index (χ0n) is 22.4. The molecule has 224 valence electrons. The molecule has 3 aromatic rings. The predicted octanol–water partition coefficient (Wildman–Crippen LogP) is 5.76. The number of amides is 2. The second-order valence-electron chi connectivity index (χ2n) is 10.3. The fourth-order valence-corrected chi connectivity index (χ4v) is 5.29. The van der Waals surface area contributed by atoms with E-state index in [1.807, 2.05) is 0 Å². The molecular weight excluding hydrogens is 571 g/mol. The highest BCUT2D eigenvalue weighted by molar-refractivity contribution is 5.92. The zero-order chi connectivity index (χ0) is 31.0.